The van der Waals surface area contributed by atoms with E-state index in [-0.39, 0.29) is 23.5 Å². The van der Waals surface area contributed by atoms with Crippen LogP contribution in [0.4, 0.5) is 5.95 Å². The predicted molar refractivity (Wildman–Crippen MR) is 100 cm³/mol. The Labute approximate surface area is 157 Å². The Morgan fingerprint density at radius 2 is 2.00 bits per heavy atom. The summed E-state index contributed by atoms with van der Waals surface area (Å²) in [6.07, 6.45) is 3.43. The third-order valence-corrected chi connectivity index (χ3v) is 6.49. The van der Waals surface area contributed by atoms with Gasteiger partial charge in [0.2, 0.25) is 5.95 Å². The first-order valence-electron chi connectivity index (χ1n) is 8.12. The topological polar surface area (TPSA) is 92.3 Å². The van der Waals surface area contributed by atoms with Crippen LogP contribution >= 0.6 is 11.6 Å². The summed E-state index contributed by atoms with van der Waals surface area (Å²) in [6, 6.07) is 7.14. The first-order chi connectivity index (χ1) is 12.4. The van der Waals surface area contributed by atoms with Gasteiger partial charge in [0, 0.05) is 37.1 Å². The summed E-state index contributed by atoms with van der Waals surface area (Å²) in [4.78, 5) is 22.4. The van der Waals surface area contributed by atoms with Crippen LogP contribution in [0.5, 0.6) is 0 Å². The van der Waals surface area contributed by atoms with E-state index in [4.69, 9.17) is 11.6 Å². The highest BCUT2D eigenvalue weighted by molar-refractivity contribution is 7.91. The predicted octanol–water partition coefficient (Wildman–Crippen LogP) is 1.68. The molecule has 0 saturated carbocycles. The Hall–Kier alpha value is -2.19. The number of benzene rings is 1. The maximum absolute atomic E-state index is 12.2. The van der Waals surface area contributed by atoms with Crippen molar-refractivity contribution in [3.05, 3.63) is 52.8 Å². The quantitative estimate of drug-likeness (QED) is 0.829. The van der Waals surface area contributed by atoms with Crippen molar-refractivity contribution in [1.29, 1.82) is 0 Å². The van der Waals surface area contributed by atoms with E-state index in [1.54, 1.807) is 18.0 Å². The van der Waals surface area contributed by atoms with E-state index in [2.05, 4.69) is 15.3 Å². The lowest BCUT2D eigenvalue weighted by Gasteiger charge is -2.23. The summed E-state index contributed by atoms with van der Waals surface area (Å²) < 4.78 is 23.2. The lowest BCUT2D eigenvalue weighted by molar-refractivity contribution is 0.0950. The number of rotatable bonds is 5. The van der Waals surface area contributed by atoms with Gasteiger partial charge in [0.15, 0.2) is 9.84 Å². The van der Waals surface area contributed by atoms with E-state index in [0.29, 0.717) is 29.5 Å². The number of amides is 1. The molecule has 2 aromatic rings. The molecule has 1 aromatic heterocycles. The Bertz CT molecular complexity index is 902. The minimum absolute atomic E-state index is 0.104. The molecule has 1 aromatic carbocycles. The van der Waals surface area contributed by atoms with Crippen LogP contribution in [0.15, 0.2) is 36.7 Å². The van der Waals surface area contributed by atoms with Gasteiger partial charge < -0.3 is 10.2 Å². The second-order valence-electron chi connectivity index (χ2n) is 6.21. The van der Waals surface area contributed by atoms with Crippen molar-refractivity contribution in [2.24, 2.45) is 0 Å². The molecule has 1 atom stereocenters. The van der Waals surface area contributed by atoms with E-state index in [9.17, 15) is 13.2 Å². The largest absolute Gasteiger partial charge is 0.348 e. The zero-order valence-corrected chi connectivity index (χ0v) is 15.8. The Balaban J connectivity index is 1.62. The van der Waals surface area contributed by atoms with Crippen molar-refractivity contribution < 1.29 is 13.2 Å². The van der Waals surface area contributed by atoms with E-state index in [1.165, 1.54) is 12.4 Å². The van der Waals surface area contributed by atoms with Gasteiger partial charge in [-0.1, -0.05) is 29.8 Å². The highest BCUT2D eigenvalue weighted by Gasteiger charge is 2.31. The van der Waals surface area contributed by atoms with Gasteiger partial charge >= 0.3 is 0 Å². The fourth-order valence-corrected chi connectivity index (χ4v) is 4.76. The highest BCUT2D eigenvalue weighted by Crippen LogP contribution is 2.20. The van der Waals surface area contributed by atoms with Crippen LogP contribution in [-0.4, -0.2) is 48.9 Å². The molecule has 26 heavy (non-hydrogen) atoms. The second-order valence-corrected chi connectivity index (χ2v) is 8.85. The van der Waals surface area contributed by atoms with Gasteiger partial charge in [-0.3, -0.25) is 4.79 Å². The third kappa shape index (κ3) is 4.31. The number of carbonyl (C=O) groups is 1. The van der Waals surface area contributed by atoms with Gasteiger partial charge in [-0.25, -0.2) is 18.4 Å². The minimum Gasteiger partial charge on any atom is -0.348 e. The van der Waals surface area contributed by atoms with Crippen LogP contribution in [0.1, 0.15) is 22.3 Å². The fourth-order valence-electron chi connectivity index (χ4n) is 2.78. The molecular formula is C17H19ClN4O3S. The molecule has 1 fully saturated rings. The maximum atomic E-state index is 12.2. The van der Waals surface area contributed by atoms with Gasteiger partial charge in [-0.05, 0) is 18.1 Å². The highest BCUT2D eigenvalue weighted by atomic mass is 35.5. The second kappa shape index (κ2) is 7.59. The standard InChI is InChI=1S/C17H19ClN4O3S/c1-22(14-6-7-26(24,25)11-14)17-20-9-13(10-21-17)16(23)19-8-12-4-2-3-5-15(12)18/h2-5,9-10,14H,6-8,11H2,1H3,(H,19,23). The molecule has 1 aliphatic rings. The lowest BCUT2D eigenvalue weighted by atomic mass is 10.2. The first-order valence-corrected chi connectivity index (χ1v) is 10.3. The number of carbonyl (C=O) groups excluding carboxylic acids is 1. The normalized spacial score (nSPS) is 18.5. The van der Waals surface area contributed by atoms with Crippen LogP contribution < -0.4 is 10.2 Å². The van der Waals surface area contributed by atoms with Crippen molar-refractivity contribution >= 4 is 33.3 Å². The summed E-state index contributed by atoms with van der Waals surface area (Å²) in [5, 5.41) is 3.36. The van der Waals surface area contributed by atoms with Gasteiger partial charge in [0.25, 0.3) is 5.91 Å². The fraction of sp³-hybridized carbons (Fsp3) is 0.353. The molecule has 1 unspecified atom stereocenters. The van der Waals surface area contributed by atoms with Crippen LogP contribution in [0, 0.1) is 0 Å². The summed E-state index contributed by atoms with van der Waals surface area (Å²) in [5.74, 6) is 0.384. The van der Waals surface area contributed by atoms with Gasteiger partial charge in [-0.15, -0.1) is 0 Å². The number of nitrogens with zero attached hydrogens (tertiary/aromatic N) is 3. The first kappa shape index (κ1) is 18.6. The Morgan fingerprint density at radius 3 is 2.62 bits per heavy atom. The molecule has 1 amide bonds. The number of halogens is 1. The van der Waals surface area contributed by atoms with Crippen LogP contribution in [0.2, 0.25) is 5.02 Å². The molecule has 1 saturated heterocycles. The van der Waals surface area contributed by atoms with Crippen LogP contribution in [0.3, 0.4) is 0 Å². The molecule has 9 heteroatoms. The summed E-state index contributed by atoms with van der Waals surface area (Å²) >= 11 is 6.07. The third-order valence-electron chi connectivity index (χ3n) is 4.37. The van der Waals surface area contributed by atoms with E-state index in [0.717, 1.165) is 5.56 Å². The molecule has 3 rings (SSSR count). The molecule has 0 bridgehead atoms. The molecular weight excluding hydrogens is 376 g/mol. The van der Waals surface area contributed by atoms with Gasteiger partial charge in [-0.2, -0.15) is 0 Å². The van der Waals surface area contributed by atoms with Gasteiger partial charge in [0.05, 0.1) is 17.1 Å². The minimum atomic E-state index is -2.98. The number of hydrogen-bond acceptors (Lipinski definition) is 6. The van der Waals surface area contributed by atoms with E-state index >= 15 is 0 Å². The van der Waals surface area contributed by atoms with Crippen molar-refractivity contribution in [2.45, 2.75) is 19.0 Å². The van der Waals surface area contributed by atoms with Crippen molar-refractivity contribution in [2.75, 3.05) is 23.5 Å². The smallest absolute Gasteiger partial charge is 0.254 e. The molecule has 138 valence electrons. The number of aromatic nitrogens is 2. The summed E-state index contributed by atoms with van der Waals surface area (Å²) in [6.45, 7) is 0.306. The summed E-state index contributed by atoms with van der Waals surface area (Å²) in [7, 11) is -1.22. The van der Waals surface area contributed by atoms with E-state index in [1.807, 2.05) is 18.2 Å². The lowest BCUT2D eigenvalue weighted by Crippen LogP contribution is -2.34. The Morgan fingerprint density at radius 1 is 1.31 bits per heavy atom. The molecule has 2 heterocycles. The average molecular weight is 395 g/mol. The van der Waals surface area contributed by atoms with Crippen molar-refractivity contribution in [1.82, 2.24) is 15.3 Å². The number of hydrogen-bond donors (Lipinski definition) is 1. The molecule has 0 spiro atoms. The van der Waals surface area contributed by atoms with Crippen LogP contribution in [-0.2, 0) is 16.4 Å². The monoisotopic (exact) mass is 394 g/mol. The Kier molecular flexibility index (Phi) is 5.43. The molecule has 1 N–H and O–H groups in total. The zero-order valence-electron chi connectivity index (χ0n) is 14.2. The average Bonchev–Trinajstić information content (AvgIpc) is 3.00. The number of nitrogens with one attached hydrogen (secondary N) is 1. The number of anilines is 1. The van der Waals surface area contributed by atoms with Gasteiger partial charge in [0.1, 0.15) is 0 Å². The molecule has 0 aliphatic carbocycles. The maximum Gasteiger partial charge on any atom is 0.254 e. The molecule has 7 nitrogen and oxygen atoms in total. The van der Waals surface area contributed by atoms with E-state index < -0.39 is 9.84 Å². The SMILES string of the molecule is CN(c1ncc(C(=O)NCc2ccccc2Cl)cn1)C1CCS(=O)(=O)C1. The van der Waals surface area contributed by atoms with Crippen molar-refractivity contribution in [3.8, 4) is 0 Å². The summed E-state index contributed by atoms with van der Waals surface area (Å²) in [5.41, 5.74) is 1.15. The zero-order chi connectivity index (χ0) is 18.7. The van der Waals surface area contributed by atoms with Crippen LogP contribution in [0.25, 0.3) is 0 Å². The molecule has 0 radical (unpaired) electrons. The molecule has 1 aliphatic heterocycles. The van der Waals surface area contributed by atoms with Crippen molar-refractivity contribution in [3.63, 3.8) is 0 Å². The number of sulfone groups is 1.